The Balaban J connectivity index is 0. The molecule has 0 bridgehead atoms. The molecule has 0 atom stereocenters. The van der Waals surface area contributed by atoms with Gasteiger partial charge in [-0.25, -0.2) is 4.59 Å². The summed E-state index contributed by atoms with van der Waals surface area (Å²) in [5, 5.41) is 8.95. The maximum atomic E-state index is 8.95. The van der Waals surface area contributed by atoms with Crippen LogP contribution < -0.4 is 5.59 Å². The second-order valence-corrected chi connectivity index (χ2v) is 2.66. The van der Waals surface area contributed by atoms with Crippen LogP contribution in [0.5, 0.6) is 0 Å². The van der Waals surface area contributed by atoms with Crippen molar-refractivity contribution in [2.45, 2.75) is 0 Å². The van der Waals surface area contributed by atoms with Crippen LogP contribution in [0.25, 0.3) is 0 Å². The van der Waals surface area contributed by atoms with E-state index < -0.39 is 0 Å². The molecule has 0 aliphatic heterocycles. The predicted molar refractivity (Wildman–Crippen MR) is 52.3 cm³/mol. The zero-order valence-electron chi connectivity index (χ0n) is 7.82. The maximum Gasteiger partial charge on any atom is 0.117 e. The summed E-state index contributed by atoms with van der Waals surface area (Å²) >= 11 is 0. The molecule has 4 heteroatoms. The van der Waals surface area contributed by atoms with E-state index in [1.807, 2.05) is 0 Å². The Morgan fingerprint density at radius 1 is 1.00 bits per heavy atom. The SMILES string of the molecule is C=CC[N+](CC=C)(CC=C)NO.[OH-]. The lowest BCUT2D eigenvalue weighted by atomic mass is 10.4. The van der Waals surface area contributed by atoms with Crippen molar-refractivity contribution in [3.05, 3.63) is 38.0 Å². The van der Waals surface area contributed by atoms with E-state index in [1.165, 1.54) is 0 Å². The highest BCUT2D eigenvalue weighted by Crippen LogP contribution is 2.01. The first-order valence-corrected chi connectivity index (χ1v) is 3.85. The molecule has 0 aromatic rings. The van der Waals surface area contributed by atoms with E-state index in [1.54, 1.807) is 18.2 Å². The highest BCUT2D eigenvalue weighted by molar-refractivity contribution is 4.74. The van der Waals surface area contributed by atoms with E-state index in [9.17, 15) is 0 Å². The number of hydrogen-bond donors (Lipinski definition) is 2. The quantitative estimate of drug-likeness (QED) is 0.355. The molecule has 0 aliphatic rings. The van der Waals surface area contributed by atoms with Gasteiger partial charge < -0.3 is 5.48 Å². The molecule has 0 unspecified atom stereocenters. The molecule has 0 rings (SSSR count). The zero-order valence-corrected chi connectivity index (χ0v) is 7.82. The summed E-state index contributed by atoms with van der Waals surface area (Å²) in [5.74, 6) is 0. The second kappa shape index (κ2) is 7.70. The summed E-state index contributed by atoms with van der Waals surface area (Å²) in [6.45, 7) is 12.8. The van der Waals surface area contributed by atoms with Crippen LogP contribution in [0.15, 0.2) is 38.0 Å². The monoisotopic (exact) mass is 186 g/mol. The highest BCUT2D eigenvalue weighted by atomic mass is 16.5. The van der Waals surface area contributed by atoms with E-state index in [-0.39, 0.29) is 5.48 Å². The lowest BCUT2D eigenvalue weighted by Crippen LogP contribution is -2.57. The molecular weight excluding hydrogens is 168 g/mol. The second-order valence-electron chi connectivity index (χ2n) is 2.66. The van der Waals surface area contributed by atoms with Gasteiger partial charge in [-0.15, -0.1) is 0 Å². The molecule has 76 valence electrons. The fourth-order valence-corrected chi connectivity index (χ4v) is 1.09. The highest BCUT2D eigenvalue weighted by Gasteiger charge is 2.21. The molecule has 0 spiro atoms. The minimum Gasteiger partial charge on any atom is -0.870 e. The van der Waals surface area contributed by atoms with Crippen molar-refractivity contribution in [3.8, 4) is 0 Å². The molecule has 0 fully saturated rings. The summed E-state index contributed by atoms with van der Waals surface area (Å²) in [4.78, 5) is 0. The average Bonchev–Trinajstić information content (AvgIpc) is 2.06. The fraction of sp³-hybridized carbons (Fsp3) is 0.333. The minimum atomic E-state index is 0. The molecule has 3 N–H and O–H groups in total. The van der Waals surface area contributed by atoms with Gasteiger partial charge in [0.2, 0.25) is 0 Å². The first kappa shape index (κ1) is 14.6. The Labute approximate surface area is 79.3 Å². The van der Waals surface area contributed by atoms with Gasteiger partial charge in [-0.3, -0.25) is 5.21 Å². The third-order valence-corrected chi connectivity index (χ3v) is 1.65. The standard InChI is InChI=1S/C9H17N2O.H2O/c1-4-7-11(10-12,8-5-2)9-6-3;/h4-6,10,12H,1-3,7-9H2;1H2/q+1;/p-1. The first-order valence-electron chi connectivity index (χ1n) is 3.85. The number of hydrogen-bond acceptors (Lipinski definition) is 3. The van der Waals surface area contributed by atoms with Gasteiger partial charge in [-0.2, -0.15) is 0 Å². The van der Waals surface area contributed by atoms with Crippen LogP contribution in [-0.2, 0) is 0 Å². The lowest BCUT2D eigenvalue weighted by molar-refractivity contribution is -0.979. The molecule has 0 saturated carbocycles. The lowest BCUT2D eigenvalue weighted by Gasteiger charge is -2.31. The van der Waals surface area contributed by atoms with Crippen LogP contribution in [0.2, 0.25) is 0 Å². The molecule has 0 radical (unpaired) electrons. The molecule has 0 saturated heterocycles. The minimum absolute atomic E-state index is 0. The molecular formula is C9H18N2O2. The van der Waals surface area contributed by atoms with Gasteiger partial charge in [0.1, 0.15) is 19.6 Å². The molecule has 4 nitrogen and oxygen atoms in total. The average molecular weight is 186 g/mol. The maximum absolute atomic E-state index is 8.95. The van der Waals surface area contributed by atoms with E-state index in [2.05, 4.69) is 25.3 Å². The van der Waals surface area contributed by atoms with Crippen LogP contribution in [0, 0.1) is 0 Å². The zero-order chi connectivity index (χ0) is 9.45. The summed E-state index contributed by atoms with van der Waals surface area (Å²) < 4.78 is 0.302. The summed E-state index contributed by atoms with van der Waals surface area (Å²) in [6, 6.07) is 0. The first-order chi connectivity index (χ1) is 5.74. The van der Waals surface area contributed by atoms with Gasteiger partial charge in [0, 0.05) is 0 Å². The van der Waals surface area contributed by atoms with Crippen molar-refractivity contribution >= 4 is 0 Å². The van der Waals surface area contributed by atoms with Crippen molar-refractivity contribution in [1.29, 1.82) is 0 Å². The van der Waals surface area contributed by atoms with E-state index in [4.69, 9.17) is 5.21 Å². The van der Waals surface area contributed by atoms with Crippen molar-refractivity contribution < 1.29 is 15.3 Å². The fourth-order valence-electron chi connectivity index (χ4n) is 1.09. The largest absolute Gasteiger partial charge is 0.870 e. The van der Waals surface area contributed by atoms with Crippen molar-refractivity contribution in [3.63, 3.8) is 0 Å². The van der Waals surface area contributed by atoms with Crippen LogP contribution in [0.4, 0.5) is 0 Å². The van der Waals surface area contributed by atoms with Crippen molar-refractivity contribution in [2.24, 2.45) is 0 Å². The van der Waals surface area contributed by atoms with Gasteiger partial charge >= 0.3 is 0 Å². The van der Waals surface area contributed by atoms with E-state index in [0.29, 0.717) is 24.2 Å². The van der Waals surface area contributed by atoms with Gasteiger partial charge in [0.25, 0.3) is 0 Å². The Hall–Kier alpha value is -0.940. The Morgan fingerprint density at radius 2 is 1.31 bits per heavy atom. The number of quaternary nitrogens is 1. The molecule has 0 amide bonds. The Kier molecular flexibility index (Phi) is 8.63. The van der Waals surface area contributed by atoms with Crippen LogP contribution >= 0.6 is 0 Å². The van der Waals surface area contributed by atoms with Crippen LogP contribution in [0.3, 0.4) is 0 Å². The summed E-state index contributed by atoms with van der Waals surface area (Å²) in [5.41, 5.74) is 2.24. The van der Waals surface area contributed by atoms with Crippen LogP contribution in [-0.4, -0.2) is 34.9 Å². The number of nitrogens with zero attached hydrogens (tertiary/aromatic N) is 1. The van der Waals surface area contributed by atoms with Gasteiger partial charge in [0.05, 0.1) is 0 Å². The van der Waals surface area contributed by atoms with Crippen molar-refractivity contribution in [1.82, 2.24) is 5.59 Å². The third kappa shape index (κ3) is 4.59. The van der Waals surface area contributed by atoms with Gasteiger partial charge in [0.15, 0.2) is 0 Å². The normalized spacial score (nSPS) is 9.92. The number of nitrogens with one attached hydrogen (secondary N) is 1. The van der Waals surface area contributed by atoms with Crippen LogP contribution in [0.1, 0.15) is 0 Å². The molecule has 0 aliphatic carbocycles. The Morgan fingerprint density at radius 3 is 1.46 bits per heavy atom. The third-order valence-electron chi connectivity index (χ3n) is 1.65. The van der Waals surface area contributed by atoms with E-state index in [0.717, 1.165) is 0 Å². The molecule has 13 heavy (non-hydrogen) atoms. The Bertz CT molecular complexity index is 142. The predicted octanol–water partition coefficient (Wildman–Crippen LogP) is 1.08. The summed E-state index contributed by atoms with van der Waals surface area (Å²) in [7, 11) is 0. The van der Waals surface area contributed by atoms with Gasteiger partial charge in [-0.05, 0) is 23.8 Å². The molecule has 0 aromatic heterocycles. The topological polar surface area (TPSA) is 62.3 Å². The van der Waals surface area contributed by atoms with Gasteiger partial charge in [-0.1, -0.05) is 19.7 Å². The van der Waals surface area contributed by atoms with Crippen molar-refractivity contribution in [2.75, 3.05) is 19.6 Å². The smallest absolute Gasteiger partial charge is 0.117 e. The van der Waals surface area contributed by atoms with E-state index >= 15 is 0 Å². The molecule has 0 heterocycles. The molecule has 0 aromatic carbocycles. The summed E-state index contributed by atoms with van der Waals surface area (Å²) in [6.07, 6.45) is 5.24. The number of rotatable bonds is 7.